The lowest BCUT2D eigenvalue weighted by Gasteiger charge is -2.12. The van der Waals surface area contributed by atoms with E-state index in [4.69, 9.17) is 4.74 Å². The molecule has 0 aliphatic carbocycles. The first-order valence-corrected chi connectivity index (χ1v) is 8.14. The molecule has 2 rings (SSSR count). The third-order valence-electron chi connectivity index (χ3n) is 3.78. The number of halogens is 1. The lowest BCUT2D eigenvalue weighted by molar-refractivity contribution is 0.409. The maximum atomic E-state index is 5.38. The summed E-state index contributed by atoms with van der Waals surface area (Å²) in [7, 11) is 3.64. The number of aromatic nitrogens is 3. The van der Waals surface area contributed by atoms with Gasteiger partial charge in [0.15, 0.2) is 11.8 Å². The number of guanidine groups is 1. The van der Waals surface area contributed by atoms with E-state index in [0.717, 1.165) is 42.9 Å². The summed E-state index contributed by atoms with van der Waals surface area (Å²) in [6, 6.07) is 8.05. The molecule has 0 aliphatic heterocycles. The zero-order chi connectivity index (χ0) is 17.4. The fraction of sp³-hybridized carbons (Fsp3) is 0.471. The number of para-hydroxylation sites is 1. The van der Waals surface area contributed by atoms with Gasteiger partial charge in [-0.25, -0.2) is 4.99 Å². The van der Waals surface area contributed by atoms with Gasteiger partial charge in [-0.1, -0.05) is 18.2 Å². The molecule has 0 amide bonds. The molecule has 2 aromatic rings. The van der Waals surface area contributed by atoms with Crippen LogP contribution in [0.1, 0.15) is 24.1 Å². The molecule has 1 aromatic heterocycles. The van der Waals surface area contributed by atoms with Gasteiger partial charge in [0, 0.05) is 20.1 Å². The normalized spacial score (nSPS) is 11.0. The zero-order valence-electron chi connectivity index (χ0n) is 15.2. The number of hydrogen-bond acceptors (Lipinski definition) is 4. The van der Waals surface area contributed by atoms with Gasteiger partial charge in [-0.05, 0) is 31.9 Å². The van der Waals surface area contributed by atoms with E-state index in [2.05, 4.69) is 31.9 Å². The summed E-state index contributed by atoms with van der Waals surface area (Å²) in [6.07, 6.45) is 0.859. The second-order valence-corrected chi connectivity index (χ2v) is 5.41. The van der Waals surface area contributed by atoms with Crippen LogP contribution < -0.4 is 15.4 Å². The zero-order valence-corrected chi connectivity index (χ0v) is 17.6. The van der Waals surface area contributed by atoms with Crippen molar-refractivity contribution < 1.29 is 4.74 Å². The van der Waals surface area contributed by atoms with E-state index in [1.165, 1.54) is 5.56 Å². The molecule has 0 atom stereocenters. The Morgan fingerprint density at radius 1 is 1.24 bits per heavy atom. The summed E-state index contributed by atoms with van der Waals surface area (Å²) in [5, 5.41) is 14.8. The quantitative estimate of drug-likeness (QED) is 0.378. The minimum absolute atomic E-state index is 0. The Morgan fingerprint density at radius 3 is 2.64 bits per heavy atom. The second-order valence-electron chi connectivity index (χ2n) is 5.41. The van der Waals surface area contributed by atoms with Gasteiger partial charge in [0.05, 0.1) is 7.11 Å². The van der Waals surface area contributed by atoms with Crippen LogP contribution in [0.2, 0.25) is 0 Å². The molecule has 0 radical (unpaired) electrons. The molecule has 8 heteroatoms. The molecule has 1 heterocycles. The van der Waals surface area contributed by atoms with E-state index in [-0.39, 0.29) is 24.0 Å². The lowest BCUT2D eigenvalue weighted by Crippen LogP contribution is -2.38. The van der Waals surface area contributed by atoms with Crippen LogP contribution in [-0.2, 0) is 20.0 Å². The van der Waals surface area contributed by atoms with Gasteiger partial charge in [0.1, 0.15) is 18.1 Å². The molecule has 0 saturated heterocycles. The number of nitrogens with zero attached hydrogens (tertiary/aromatic N) is 4. The lowest BCUT2D eigenvalue weighted by atomic mass is 10.1. The number of aliphatic imine (C=N–C) groups is 1. The van der Waals surface area contributed by atoms with Crippen molar-refractivity contribution in [3.05, 3.63) is 41.5 Å². The fourth-order valence-corrected chi connectivity index (χ4v) is 2.31. The smallest absolute Gasteiger partial charge is 0.191 e. The molecular weight excluding hydrogens is 431 g/mol. The number of nitrogens with one attached hydrogen (secondary N) is 2. The number of rotatable bonds is 7. The summed E-state index contributed by atoms with van der Waals surface area (Å²) in [5.74, 6) is 3.41. The predicted molar refractivity (Wildman–Crippen MR) is 111 cm³/mol. The Balaban J connectivity index is 0.00000312. The SMILES string of the molecule is CCNC(=NCc1nnc(C)n1C)NCCc1ccccc1OC.I. The molecule has 0 unspecified atom stereocenters. The molecule has 0 spiro atoms. The largest absolute Gasteiger partial charge is 0.496 e. The average Bonchev–Trinajstić information content (AvgIpc) is 2.92. The highest BCUT2D eigenvalue weighted by Crippen LogP contribution is 2.17. The van der Waals surface area contributed by atoms with Crippen molar-refractivity contribution in [1.82, 2.24) is 25.4 Å². The molecule has 25 heavy (non-hydrogen) atoms. The third-order valence-corrected chi connectivity index (χ3v) is 3.78. The molecular formula is C17H27IN6O. The van der Waals surface area contributed by atoms with Gasteiger partial charge in [0.25, 0.3) is 0 Å². The van der Waals surface area contributed by atoms with Crippen LogP contribution in [0, 0.1) is 6.92 Å². The fourth-order valence-electron chi connectivity index (χ4n) is 2.31. The first-order valence-electron chi connectivity index (χ1n) is 8.14. The van der Waals surface area contributed by atoms with Gasteiger partial charge >= 0.3 is 0 Å². The number of ether oxygens (including phenoxy) is 1. The molecule has 7 nitrogen and oxygen atoms in total. The van der Waals surface area contributed by atoms with Crippen LogP contribution in [-0.4, -0.2) is 40.9 Å². The summed E-state index contributed by atoms with van der Waals surface area (Å²) >= 11 is 0. The Bertz CT molecular complexity index is 686. The Kier molecular flexibility index (Phi) is 9.25. The number of benzene rings is 1. The molecule has 138 valence electrons. The van der Waals surface area contributed by atoms with E-state index < -0.39 is 0 Å². The summed E-state index contributed by atoms with van der Waals surface area (Å²) in [6.45, 7) is 6.03. The monoisotopic (exact) mass is 458 g/mol. The maximum absolute atomic E-state index is 5.38. The topological polar surface area (TPSA) is 76.4 Å². The number of methoxy groups -OCH3 is 1. The van der Waals surface area contributed by atoms with E-state index >= 15 is 0 Å². The van der Waals surface area contributed by atoms with Crippen molar-refractivity contribution in [1.29, 1.82) is 0 Å². The van der Waals surface area contributed by atoms with Crippen molar-refractivity contribution >= 4 is 29.9 Å². The first-order chi connectivity index (χ1) is 11.7. The number of aryl methyl sites for hydroxylation is 1. The minimum atomic E-state index is 0. The average molecular weight is 458 g/mol. The van der Waals surface area contributed by atoms with E-state index in [0.29, 0.717) is 6.54 Å². The van der Waals surface area contributed by atoms with Crippen molar-refractivity contribution in [3.8, 4) is 5.75 Å². The van der Waals surface area contributed by atoms with Crippen LogP contribution >= 0.6 is 24.0 Å². The highest BCUT2D eigenvalue weighted by atomic mass is 127. The number of hydrogen-bond donors (Lipinski definition) is 2. The standard InChI is InChI=1S/C17H26N6O.HI/c1-5-18-17(20-12-16-22-21-13(2)23(16)3)19-11-10-14-8-6-7-9-15(14)24-4;/h6-9H,5,10-12H2,1-4H3,(H2,18,19,20);1H. The van der Waals surface area contributed by atoms with Crippen LogP contribution in [0.15, 0.2) is 29.3 Å². The van der Waals surface area contributed by atoms with Gasteiger partial charge in [-0.2, -0.15) is 0 Å². The van der Waals surface area contributed by atoms with Crippen LogP contribution in [0.4, 0.5) is 0 Å². The van der Waals surface area contributed by atoms with Crippen molar-refractivity contribution in [2.45, 2.75) is 26.8 Å². The second kappa shape index (κ2) is 10.9. The minimum Gasteiger partial charge on any atom is -0.496 e. The van der Waals surface area contributed by atoms with Crippen LogP contribution in [0.25, 0.3) is 0 Å². The van der Waals surface area contributed by atoms with Crippen LogP contribution in [0.3, 0.4) is 0 Å². The van der Waals surface area contributed by atoms with Gasteiger partial charge in [0.2, 0.25) is 0 Å². The summed E-state index contributed by atoms with van der Waals surface area (Å²) in [5.41, 5.74) is 1.17. The predicted octanol–water partition coefficient (Wildman–Crippen LogP) is 2.05. The third kappa shape index (κ3) is 6.18. The molecule has 1 aromatic carbocycles. The van der Waals surface area contributed by atoms with Gasteiger partial charge in [-0.3, -0.25) is 0 Å². The van der Waals surface area contributed by atoms with E-state index in [1.54, 1.807) is 7.11 Å². The summed E-state index contributed by atoms with van der Waals surface area (Å²) < 4.78 is 7.33. The first kappa shape index (κ1) is 21.2. The molecule has 2 N–H and O–H groups in total. The van der Waals surface area contributed by atoms with Crippen molar-refractivity contribution in [3.63, 3.8) is 0 Å². The summed E-state index contributed by atoms with van der Waals surface area (Å²) in [4.78, 5) is 4.57. The van der Waals surface area contributed by atoms with Crippen LogP contribution in [0.5, 0.6) is 5.75 Å². The van der Waals surface area contributed by atoms with Crippen molar-refractivity contribution in [2.75, 3.05) is 20.2 Å². The van der Waals surface area contributed by atoms with Crippen molar-refractivity contribution in [2.24, 2.45) is 12.0 Å². The van der Waals surface area contributed by atoms with Gasteiger partial charge < -0.3 is 19.9 Å². The molecule has 0 saturated carbocycles. The Morgan fingerprint density at radius 2 is 2.00 bits per heavy atom. The Hall–Kier alpha value is -1.84. The van der Waals surface area contributed by atoms with E-state index in [9.17, 15) is 0 Å². The molecule has 0 bridgehead atoms. The Labute approximate surface area is 166 Å². The molecule has 0 aliphatic rings. The van der Waals surface area contributed by atoms with E-state index in [1.807, 2.05) is 43.7 Å². The highest BCUT2D eigenvalue weighted by Gasteiger charge is 2.05. The van der Waals surface area contributed by atoms with Gasteiger partial charge in [-0.15, -0.1) is 34.2 Å². The maximum Gasteiger partial charge on any atom is 0.191 e. The molecule has 0 fully saturated rings. The highest BCUT2D eigenvalue weighted by molar-refractivity contribution is 14.0.